The molecule has 18 heavy (non-hydrogen) atoms. The molecule has 1 aromatic carbocycles. The van der Waals surface area contributed by atoms with Gasteiger partial charge in [-0.25, -0.2) is 0 Å². The van der Waals surface area contributed by atoms with Crippen LogP contribution in [0.15, 0.2) is 22.7 Å². The molecule has 1 atom stereocenters. The van der Waals surface area contributed by atoms with Crippen molar-refractivity contribution in [2.24, 2.45) is 11.8 Å². The molecular formula is C15H20BrClO. The molecule has 0 amide bonds. The van der Waals surface area contributed by atoms with Crippen LogP contribution in [0.5, 0.6) is 0 Å². The first-order chi connectivity index (χ1) is 8.61. The molecular weight excluding hydrogens is 312 g/mol. The minimum absolute atomic E-state index is 0.367. The Labute approximate surface area is 123 Å². The van der Waals surface area contributed by atoms with Crippen LogP contribution in [-0.2, 0) is 0 Å². The first kappa shape index (κ1) is 14.4. The van der Waals surface area contributed by atoms with E-state index < -0.39 is 6.10 Å². The largest absolute Gasteiger partial charge is 0.388 e. The average molecular weight is 332 g/mol. The summed E-state index contributed by atoms with van der Waals surface area (Å²) < 4.78 is 0.957. The third kappa shape index (κ3) is 3.28. The maximum Gasteiger partial charge on any atom is 0.0832 e. The Kier molecular flexibility index (Phi) is 5.11. The lowest BCUT2D eigenvalue weighted by Gasteiger charge is -2.31. The van der Waals surface area contributed by atoms with Crippen LogP contribution < -0.4 is 0 Å². The SMILES string of the molecule is CCC1CCC(C(O)c2ccc(Br)cc2Cl)CC1. The van der Waals surface area contributed by atoms with Crippen molar-refractivity contribution in [2.45, 2.75) is 45.1 Å². The van der Waals surface area contributed by atoms with E-state index in [1.54, 1.807) is 0 Å². The molecule has 0 aliphatic heterocycles. The number of aliphatic hydroxyl groups is 1. The zero-order valence-corrected chi connectivity index (χ0v) is 13.0. The quantitative estimate of drug-likeness (QED) is 0.791. The van der Waals surface area contributed by atoms with Crippen LogP contribution in [0.25, 0.3) is 0 Å². The molecule has 1 aliphatic carbocycles. The van der Waals surface area contributed by atoms with Gasteiger partial charge >= 0.3 is 0 Å². The minimum Gasteiger partial charge on any atom is -0.388 e. The average Bonchev–Trinajstić information content (AvgIpc) is 2.38. The summed E-state index contributed by atoms with van der Waals surface area (Å²) in [6.07, 6.45) is 5.57. The predicted octanol–water partition coefficient (Wildman–Crippen LogP) is 5.35. The second-order valence-corrected chi connectivity index (χ2v) is 6.62. The maximum absolute atomic E-state index is 10.5. The zero-order valence-electron chi connectivity index (χ0n) is 10.7. The molecule has 1 aliphatic rings. The van der Waals surface area contributed by atoms with Crippen LogP contribution in [0.2, 0.25) is 5.02 Å². The first-order valence-electron chi connectivity index (χ1n) is 6.74. The van der Waals surface area contributed by atoms with Crippen molar-refractivity contribution in [3.05, 3.63) is 33.3 Å². The van der Waals surface area contributed by atoms with Crippen molar-refractivity contribution < 1.29 is 5.11 Å². The van der Waals surface area contributed by atoms with Crippen molar-refractivity contribution in [2.75, 3.05) is 0 Å². The summed E-state index contributed by atoms with van der Waals surface area (Å²) in [4.78, 5) is 0. The molecule has 0 aromatic heterocycles. The van der Waals surface area contributed by atoms with E-state index in [1.807, 2.05) is 18.2 Å². The fourth-order valence-corrected chi connectivity index (χ4v) is 3.69. The summed E-state index contributed by atoms with van der Waals surface area (Å²) in [6.45, 7) is 2.26. The second-order valence-electron chi connectivity index (χ2n) is 5.30. The van der Waals surface area contributed by atoms with Crippen LogP contribution in [0.1, 0.15) is 50.7 Å². The summed E-state index contributed by atoms with van der Waals surface area (Å²) in [6, 6.07) is 5.74. The summed E-state index contributed by atoms with van der Waals surface area (Å²) >= 11 is 9.60. The summed E-state index contributed by atoms with van der Waals surface area (Å²) in [5, 5.41) is 11.1. The van der Waals surface area contributed by atoms with Gasteiger partial charge in [-0.2, -0.15) is 0 Å². The Balaban J connectivity index is 2.05. The van der Waals surface area contributed by atoms with Crippen molar-refractivity contribution in [1.29, 1.82) is 0 Å². The standard InChI is InChI=1S/C15H20BrClO/c1-2-10-3-5-11(6-4-10)15(18)13-8-7-12(16)9-14(13)17/h7-11,15,18H,2-6H2,1H3. The van der Waals surface area contributed by atoms with Gasteiger partial charge in [-0.15, -0.1) is 0 Å². The molecule has 2 rings (SSSR count). The third-order valence-electron chi connectivity index (χ3n) is 4.20. The van der Waals surface area contributed by atoms with Gasteiger partial charge in [-0.1, -0.05) is 59.8 Å². The van der Waals surface area contributed by atoms with Crippen LogP contribution >= 0.6 is 27.5 Å². The first-order valence-corrected chi connectivity index (χ1v) is 7.92. The Bertz CT molecular complexity index is 399. The van der Waals surface area contributed by atoms with Crippen LogP contribution in [-0.4, -0.2) is 5.11 Å². The van der Waals surface area contributed by atoms with Gasteiger partial charge in [0.05, 0.1) is 6.10 Å². The van der Waals surface area contributed by atoms with Gasteiger partial charge in [0.2, 0.25) is 0 Å². The normalized spacial score (nSPS) is 26.0. The summed E-state index contributed by atoms with van der Waals surface area (Å²) in [5.74, 6) is 1.22. The van der Waals surface area contributed by atoms with E-state index in [1.165, 1.54) is 19.3 Å². The van der Waals surface area contributed by atoms with Gasteiger partial charge in [0.15, 0.2) is 0 Å². The van der Waals surface area contributed by atoms with Crippen molar-refractivity contribution >= 4 is 27.5 Å². The second kappa shape index (κ2) is 6.40. The zero-order chi connectivity index (χ0) is 13.1. The molecule has 1 fully saturated rings. The predicted molar refractivity (Wildman–Crippen MR) is 79.9 cm³/mol. The van der Waals surface area contributed by atoms with Crippen molar-refractivity contribution in [1.82, 2.24) is 0 Å². The molecule has 0 radical (unpaired) electrons. The van der Waals surface area contributed by atoms with Gasteiger partial charge < -0.3 is 5.11 Å². The molecule has 3 heteroatoms. The molecule has 1 saturated carbocycles. The van der Waals surface area contributed by atoms with Gasteiger partial charge in [0.1, 0.15) is 0 Å². The van der Waals surface area contributed by atoms with Crippen molar-refractivity contribution in [3.8, 4) is 0 Å². The minimum atomic E-state index is -0.414. The topological polar surface area (TPSA) is 20.2 Å². The fraction of sp³-hybridized carbons (Fsp3) is 0.600. The van der Waals surface area contributed by atoms with E-state index in [-0.39, 0.29) is 0 Å². The lowest BCUT2D eigenvalue weighted by Crippen LogP contribution is -2.20. The molecule has 1 unspecified atom stereocenters. The molecule has 1 N–H and O–H groups in total. The number of benzene rings is 1. The van der Waals surface area contributed by atoms with Gasteiger partial charge in [-0.05, 0) is 42.4 Å². The highest BCUT2D eigenvalue weighted by Gasteiger charge is 2.27. The maximum atomic E-state index is 10.5. The Morgan fingerprint density at radius 1 is 1.33 bits per heavy atom. The van der Waals surface area contributed by atoms with E-state index in [0.717, 1.165) is 28.8 Å². The third-order valence-corrected chi connectivity index (χ3v) is 5.02. The molecule has 0 spiro atoms. The lowest BCUT2D eigenvalue weighted by atomic mass is 9.77. The molecule has 100 valence electrons. The Hall–Kier alpha value is -0.0500. The monoisotopic (exact) mass is 330 g/mol. The van der Waals surface area contributed by atoms with Crippen LogP contribution in [0, 0.1) is 11.8 Å². The van der Waals surface area contributed by atoms with E-state index in [0.29, 0.717) is 10.9 Å². The van der Waals surface area contributed by atoms with Crippen molar-refractivity contribution in [3.63, 3.8) is 0 Å². The number of rotatable bonds is 3. The molecule has 0 bridgehead atoms. The van der Waals surface area contributed by atoms with E-state index in [2.05, 4.69) is 22.9 Å². The summed E-state index contributed by atoms with van der Waals surface area (Å²) in [5.41, 5.74) is 0.875. The summed E-state index contributed by atoms with van der Waals surface area (Å²) in [7, 11) is 0. The van der Waals surface area contributed by atoms with Crippen LogP contribution in [0.3, 0.4) is 0 Å². The highest BCUT2D eigenvalue weighted by molar-refractivity contribution is 9.10. The van der Waals surface area contributed by atoms with E-state index in [4.69, 9.17) is 11.6 Å². The highest BCUT2D eigenvalue weighted by Crippen LogP contribution is 2.40. The highest BCUT2D eigenvalue weighted by atomic mass is 79.9. The fourth-order valence-electron chi connectivity index (χ4n) is 2.91. The number of aliphatic hydroxyl groups excluding tert-OH is 1. The van der Waals surface area contributed by atoms with Gasteiger partial charge in [0, 0.05) is 9.50 Å². The lowest BCUT2D eigenvalue weighted by molar-refractivity contribution is 0.0730. The molecule has 0 heterocycles. The van der Waals surface area contributed by atoms with Crippen LogP contribution in [0.4, 0.5) is 0 Å². The number of halogens is 2. The van der Waals surface area contributed by atoms with Gasteiger partial charge in [-0.3, -0.25) is 0 Å². The number of hydrogen-bond acceptors (Lipinski definition) is 1. The smallest absolute Gasteiger partial charge is 0.0832 e. The van der Waals surface area contributed by atoms with E-state index in [9.17, 15) is 5.11 Å². The molecule has 1 aromatic rings. The van der Waals surface area contributed by atoms with E-state index >= 15 is 0 Å². The molecule has 1 nitrogen and oxygen atoms in total. The Morgan fingerprint density at radius 3 is 2.56 bits per heavy atom. The molecule has 0 saturated heterocycles. The van der Waals surface area contributed by atoms with Gasteiger partial charge in [0.25, 0.3) is 0 Å². The number of hydrogen-bond donors (Lipinski definition) is 1. The Morgan fingerprint density at radius 2 is 2.00 bits per heavy atom.